The number of hydrogen-bond acceptors (Lipinski definition) is 3. The normalized spacial score (nSPS) is 11.1. The first-order valence-electron chi connectivity index (χ1n) is 5.98. The van der Waals surface area contributed by atoms with Gasteiger partial charge in [-0.25, -0.2) is 4.98 Å². The van der Waals surface area contributed by atoms with Crippen molar-refractivity contribution in [2.75, 3.05) is 5.73 Å². The van der Waals surface area contributed by atoms with Crippen molar-refractivity contribution in [2.45, 2.75) is 13.8 Å². The predicted molar refractivity (Wildman–Crippen MR) is 78.3 cm³/mol. The number of rotatable bonds is 1. The molecule has 4 heteroatoms. The Morgan fingerprint density at radius 2 is 2.00 bits per heavy atom. The van der Waals surface area contributed by atoms with E-state index in [4.69, 9.17) is 21.8 Å². The maximum Gasteiger partial charge on any atom is 0.230 e. The summed E-state index contributed by atoms with van der Waals surface area (Å²) in [6, 6.07) is 9.42. The van der Waals surface area contributed by atoms with Crippen molar-refractivity contribution in [3.8, 4) is 11.5 Å². The van der Waals surface area contributed by atoms with Crippen LogP contribution in [0.4, 0.5) is 5.69 Å². The summed E-state index contributed by atoms with van der Waals surface area (Å²) in [7, 11) is 0. The lowest BCUT2D eigenvalue weighted by molar-refractivity contribution is 0.617. The van der Waals surface area contributed by atoms with Gasteiger partial charge in [0.15, 0.2) is 5.58 Å². The third-order valence-electron chi connectivity index (χ3n) is 3.08. The predicted octanol–water partition coefficient (Wildman–Crippen LogP) is 4.35. The molecule has 0 atom stereocenters. The number of nitrogen functional groups attached to an aromatic ring is 1. The molecule has 3 aromatic rings. The van der Waals surface area contributed by atoms with E-state index in [0.717, 1.165) is 22.2 Å². The van der Waals surface area contributed by atoms with Crippen molar-refractivity contribution in [3.63, 3.8) is 0 Å². The van der Waals surface area contributed by atoms with E-state index < -0.39 is 0 Å². The zero-order valence-electron chi connectivity index (χ0n) is 10.7. The molecule has 1 heterocycles. The van der Waals surface area contributed by atoms with E-state index in [1.54, 1.807) is 18.2 Å². The summed E-state index contributed by atoms with van der Waals surface area (Å²) in [4.78, 5) is 4.50. The van der Waals surface area contributed by atoms with E-state index in [9.17, 15) is 0 Å². The van der Waals surface area contributed by atoms with E-state index >= 15 is 0 Å². The largest absolute Gasteiger partial charge is 0.436 e. The van der Waals surface area contributed by atoms with E-state index in [0.29, 0.717) is 22.2 Å². The van der Waals surface area contributed by atoms with Crippen LogP contribution in [0.3, 0.4) is 0 Å². The molecule has 0 saturated carbocycles. The SMILES string of the molecule is Cc1cc(C)c2oc(-c3c(N)cccc3Cl)nc2c1. The summed E-state index contributed by atoms with van der Waals surface area (Å²) < 4.78 is 5.83. The third kappa shape index (κ3) is 1.96. The van der Waals surface area contributed by atoms with Crippen molar-refractivity contribution in [1.82, 2.24) is 4.98 Å². The van der Waals surface area contributed by atoms with Gasteiger partial charge in [0, 0.05) is 5.69 Å². The van der Waals surface area contributed by atoms with Crippen molar-refractivity contribution < 1.29 is 4.42 Å². The number of hydrogen-bond donors (Lipinski definition) is 1. The molecular formula is C15H13ClN2O. The molecule has 0 aliphatic heterocycles. The number of benzene rings is 2. The molecule has 0 spiro atoms. The molecule has 0 saturated heterocycles. The number of aryl methyl sites for hydroxylation is 2. The Kier molecular flexibility index (Phi) is 2.72. The number of halogens is 1. The molecule has 1 aromatic heterocycles. The maximum absolute atomic E-state index is 6.18. The van der Waals surface area contributed by atoms with Gasteiger partial charge in [-0.05, 0) is 43.2 Å². The van der Waals surface area contributed by atoms with Crippen LogP contribution in [0.15, 0.2) is 34.7 Å². The lowest BCUT2D eigenvalue weighted by Gasteiger charge is -2.02. The van der Waals surface area contributed by atoms with Crippen molar-refractivity contribution in [2.24, 2.45) is 0 Å². The van der Waals surface area contributed by atoms with Crippen LogP contribution in [-0.4, -0.2) is 4.98 Å². The third-order valence-corrected chi connectivity index (χ3v) is 3.39. The van der Waals surface area contributed by atoms with Crippen LogP contribution in [0, 0.1) is 13.8 Å². The Morgan fingerprint density at radius 1 is 1.21 bits per heavy atom. The average Bonchev–Trinajstić information content (AvgIpc) is 2.72. The zero-order valence-corrected chi connectivity index (χ0v) is 11.5. The highest BCUT2D eigenvalue weighted by atomic mass is 35.5. The van der Waals surface area contributed by atoms with Gasteiger partial charge in [-0.1, -0.05) is 23.7 Å². The summed E-state index contributed by atoms with van der Waals surface area (Å²) >= 11 is 6.18. The van der Waals surface area contributed by atoms with Gasteiger partial charge in [0.2, 0.25) is 5.89 Å². The Labute approximate surface area is 116 Å². The summed E-state index contributed by atoms with van der Waals surface area (Å²) in [6.07, 6.45) is 0. The van der Waals surface area contributed by atoms with Gasteiger partial charge >= 0.3 is 0 Å². The van der Waals surface area contributed by atoms with E-state index in [1.165, 1.54) is 0 Å². The number of nitrogens with two attached hydrogens (primary N) is 1. The first-order valence-corrected chi connectivity index (χ1v) is 6.36. The summed E-state index contributed by atoms with van der Waals surface area (Å²) in [5, 5.41) is 0.543. The lowest BCUT2D eigenvalue weighted by atomic mass is 10.1. The molecule has 2 N–H and O–H groups in total. The molecule has 19 heavy (non-hydrogen) atoms. The van der Waals surface area contributed by atoms with Gasteiger partial charge in [-0.2, -0.15) is 0 Å². The first-order chi connectivity index (χ1) is 9.06. The van der Waals surface area contributed by atoms with Crippen LogP contribution >= 0.6 is 11.6 Å². The molecule has 2 aromatic carbocycles. The van der Waals surface area contributed by atoms with Gasteiger partial charge < -0.3 is 10.2 Å². The van der Waals surface area contributed by atoms with E-state index in [2.05, 4.69) is 11.1 Å². The molecule has 0 bridgehead atoms. The number of nitrogens with zero attached hydrogens (tertiary/aromatic N) is 1. The van der Waals surface area contributed by atoms with Gasteiger partial charge in [-0.15, -0.1) is 0 Å². The molecule has 0 aliphatic rings. The Balaban J connectivity index is 2.30. The smallest absolute Gasteiger partial charge is 0.230 e. The van der Waals surface area contributed by atoms with Crippen LogP contribution in [-0.2, 0) is 0 Å². The monoisotopic (exact) mass is 272 g/mol. The van der Waals surface area contributed by atoms with Crippen LogP contribution in [0.1, 0.15) is 11.1 Å². The highest BCUT2D eigenvalue weighted by molar-refractivity contribution is 6.33. The average molecular weight is 273 g/mol. The summed E-state index contributed by atoms with van der Waals surface area (Å²) in [6.45, 7) is 4.03. The lowest BCUT2D eigenvalue weighted by Crippen LogP contribution is -1.90. The standard InChI is InChI=1S/C15H13ClN2O/c1-8-6-9(2)14-12(7-8)18-15(19-14)13-10(16)4-3-5-11(13)17/h3-7H,17H2,1-2H3. The Bertz CT molecular complexity index is 757. The van der Waals surface area contributed by atoms with E-state index in [1.807, 2.05) is 19.9 Å². The Hall–Kier alpha value is -2.00. The molecular weight excluding hydrogens is 260 g/mol. The highest BCUT2D eigenvalue weighted by Crippen LogP contribution is 2.35. The molecule has 0 fully saturated rings. The van der Waals surface area contributed by atoms with Gasteiger partial charge in [-0.3, -0.25) is 0 Å². The topological polar surface area (TPSA) is 52.0 Å². The highest BCUT2D eigenvalue weighted by Gasteiger charge is 2.15. The van der Waals surface area contributed by atoms with Gasteiger partial charge in [0.1, 0.15) is 5.52 Å². The quantitative estimate of drug-likeness (QED) is 0.670. The maximum atomic E-state index is 6.18. The Morgan fingerprint density at radius 3 is 2.74 bits per heavy atom. The minimum absolute atomic E-state index is 0.465. The minimum Gasteiger partial charge on any atom is -0.436 e. The molecule has 0 amide bonds. The zero-order chi connectivity index (χ0) is 13.6. The van der Waals surface area contributed by atoms with E-state index in [-0.39, 0.29) is 0 Å². The van der Waals surface area contributed by atoms with Crippen LogP contribution in [0.2, 0.25) is 5.02 Å². The van der Waals surface area contributed by atoms with Crippen LogP contribution < -0.4 is 5.73 Å². The number of anilines is 1. The fraction of sp³-hybridized carbons (Fsp3) is 0.133. The number of aromatic nitrogens is 1. The number of fused-ring (bicyclic) bond motifs is 1. The van der Waals surface area contributed by atoms with Crippen LogP contribution in [0.25, 0.3) is 22.6 Å². The molecule has 0 unspecified atom stereocenters. The van der Waals surface area contributed by atoms with Crippen molar-refractivity contribution >= 4 is 28.4 Å². The second-order valence-corrected chi connectivity index (χ2v) is 5.06. The molecule has 0 radical (unpaired) electrons. The van der Waals surface area contributed by atoms with Crippen LogP contribution in [0.5, 0.6) is 0 Å². The molecule has 3 nitrogen and oxygen atoms in total. The fourth-order valence-electron chi connectivity index (χ4n) is 2.25. The summed E-state index contributed by atoms with van der Waals surface area (Å²) in [5.74, 6) is 0.465. The van der Waals surface area contributed by atoms with Crippen molar-refractivity contribution in [1.29, 1.82) is 0 Å². The second-order valence-electron chi connectivity index (χ2n) is 4.65. The molecule has 0 aliphatic carbocycles. The van der Waals surface area contributed by atoms with Gasteiger partial charge in [0.05, 0.1) is 10.6 Å². The molecule has 3 rings (SSSR count). The fourth-order valence-corrected chi connectivity index (χ4v) is 2.51. The summed E-state index contributed by atoms with van der Waals surface area (Å²) in [5.41, 5.74) is 11.0. The van der Waals surface area contributed by atoms with Gasteiger partial charge in [0.25, 0.3) is 0 Å². The first kappa shape index (κ1) is 12.1. The number of oxazole rings is 1. The molecule has 96 valence electrons. The second kappa shape index (κ2) is 4.28. The minimum atomic E-state index is 0.465. The van der Waals surface area contributed by atoms with Crippen molar-refractivity contribution in [3.05, 3.63) is 46.5 Å².